The highest BCUT2D eigenvalue weighted by atomic mass is 32.1. The van der Waals surface area contributed by atoms with Crippen LogP contribution in [0.15, 0.2) is 11.6 Å². The predicted molar refractivity (Wildman–Crippen MR) is 77.0 cm³/mol. The van der Waals surface area contributed by atoms with Gasteiger partial charge in [0.15, 0.2) is 10.8 Å². The van der Waals surface area contributed by atoms with Crippen LogP contribution < -0.4 is 0 Å². The molecule has 1 aliphatic heterocycles. The Hall–Kier alpha value is -1.43. The van der Waals surface area contributed by atoms with Gasteiger partial charge in [-0.05, 0) is 33.6 Å². The Bertz CT molecular complexity index is 479. The van der Waals surface area contributed by atoms with Gasteiger partial charge in [-0.2, -0.15) is 0 Å². The van der Waals surface area contributed by atoms with E-state index in [4.69, 9.17) is 4.74 Å². The minimum Gasteiger partial charge on any atom is -0.444 e. The number of carbonyl (C=O) groups is 2. The number of nitrogens with zero attached hydrogens (tertiary/aromatic N) is 2. The van der Waals surface area contributed by atoms with Gasteiger partial charge in [0.25, 0.3) is 0 Å². The van der Waals surface area contributed by atoms with Gasteiger partial charge in [-0.1, -0.05) is 0 Å². The molecule has 20 heavy (non-hydrogen) atoms. The standard InChI is InChI=1S/C14H20N2O3S/c1-14(2,3)19-13(18)16-7-4-5-10(16)9-11(17)12-15-6-8-20-12/h6,8,10H,4-5,7,9H2,1-3H3. The van der Waals surface area contributed by atoms with E-state index in [9.17, 15) is 9.59 Å². The number of ether oxygens (including phenoxy) is 1. The largest absolute Gasteiger partial charge is 0.444 e. The highest BCUT2D eigenvalue weighted by molar-refractivity contribution is 7.11. The van der Waals surface area contributed by atoms with E-state index in [1.165, 1.54) is 11.3 Å². The molecule has 2 heterocycles. The molecule has 5 nitrogen and oxygen atoms in total. The van der Waals surface area contributed by atoms with Crippen molar-refractivity contribution >= 4 is 23.2 Å². The summed E-state index contributed by atoms with van der Waals surface area (Å²) in [5.74, 6) is 0.000425. The number of carbonyl (C=O) groups excluding carboxylic acids is 2. The summed E-state index contributed by atoms with van der Waals surface area (Å²) in [6, 6.07) is -0.0683. The summed E-state index contributed by atoms with van der Waals surface area (Å²) in [5.41, 5.74) is -0.510. The number of hydrogen-bond donors (Lipinski definition) is 0. The molecule has 1 unspecified atom stereocenters. The zero-order valence-corrected chi connectivity index (χ0v) is 12.9. The molecule has 0 N–H and O–H groups in total. The molecule has 0 spiro atoms. The van der Waals surface area contributed by atoms with Crippen molar-refractivity contribution in [1.29, 1.82) is 0 Å². The first kappa shape index (κ1) is 15.0. The van der Waals surface area contributed by atoms with E-state index in [0.29, 0.717) is 18.0 Å². The SMILES string of the molecule is CC(C)(C)OC(=O)N1CCCC1CC(=O)c1nccs1. The molecule has 1 fully saturated rings. The summed E-state index contributed by atoms with van der Waals surface area (Å²) in [6.45, 7) is 6.19. The van der Waals surface area contributed by atoms with Gasteiger partial charge in [-0.25, -0.2) is 9.78 Å². The van der Waals surface area contributed by atoms with Gasteiger partial charge in [0.2, 0.25) is 0 Å². The van der Waals surface area contributed by atoms with Crippen LogP contribution in [0, 0.1) is 0 Å². The third-order valence-corrected chi connectivity index (χ3v) is 3.91. The summed E-state index contributed by atoms with van der Waals surface area (Å²) in [5, 5.41) is 2.30. The molecule has 1 saturated heterocycles. The second-order valence-corrected chi connectivity index (χ2v) is 6.83. The van der Waals surface area contributed by atoms with Gasteiger partial charge in [0.1, 0.15) is 5.60 Å². The third-order valence-electron chi connectivity index (χ3n) is 3.10. The maximum atomic E-state index is 12.1. The first-order valence-corrected chi connectivity index (χ1v) is 7.67. The molecule has 0 aromatic carbocycles. The molecule has 1 atom stereocenters. The lowest BCUT2D eigenvalue weighted by atomic mass is 10.1. The Morgan fingerprint density at radius 1 is 1.50 bits per heavy atom. The second kappa shape index (κ2) is 5.91. The van der Waals surface area contributed by atoms with Crippen LogP contribution in [0.1, 0.15) is 49.8 Å². The fraction of sp³-hybridized carbons (Fsp3) is 0.643. The molecule has 0 aliphatic carbocycles. The van der Waals surface area contributed by atoms with Crippen molar-refractivity contribution in [2.75, 3.05) is 6.54 Å². The van der Waals surface area contributed by atoms with Crippen LogP contribution in [0.4, 0.5) is 4.79 Å². The smallest absolute Gasteiger partial charge is 0.410 e. The van der Waals surface area contributed by atoms with Crippen molar-refractivity contribution in [3.8, 4) is 0 Å². The van der Waals surface area contributed by atoms with Gasteiger partial charge in [0.05, 0.1) is 0 Å². The molecule has 2 rings (SSSR count). The van der Waals surface area contributed by atoms with Crippen LogP contribution >= 0.6 is 11.3 Å². The van der Waals surface area contributed by atoms with Crippen LogP contribution in [0.5, 0.6) is 0 Å². The fourth-order valence-corrected chi connectivity index (χ4v) is 2.86. The van der Waals surface area contributed by atoms with Crippen LogP contribution in [0.2, 0.25) is 0 Å². The first-order chi connectivity index (χ1) is 9.37. The average molecular weight is 296 g/mol. The zero-order valence-electron chi connectivity index (χ0n) is 12.1. The minimum absolute atomic E-state index is 0.000425. The molecule has 110 valence electrons. The Kier molecular flexibility index (Phi) is 4.42. The maximum Gasteiger partial charge on any atom is 0.410 e. The summed E-state index contributed by atoms with van der Waals surface area (Å²) >= 11 is 1.34. The van der Waals surface area contributed by atoms with Crippen molar-refractivity contribution in [3.05, 3.63) is 16.6 Å². The second-order valence-electron chi connectivity index (χ2n) is 5.93. The quantitative estimate of drug-likeness (QED) is 0.804. The number of amides is 1. The lowest BCUT2D eigenvalue weighted by molar-refractivity contribution is 0.0223. The topological polar surface area (TPSA) is 59.5 Å². The number of rotatable bonds is 3. The van der Waals surface area contributed by atoms with Gasteiger partial charge in [0, 0.05) is 30.6 Å². The van der Waals surface area contributed by atoms with E-state index >= 15 is 0 Å². The van der Waals surface area contributed by atoms with Crippen LogP contribution in [-0.4, -0.2) is 39.9 Å². The Balaban J connectivity index is 1.97. The van der Waals surface area contributed by atoms with Gasteiger partial charge < -0.3 is 9.64 Å². The highest BCUT2D eigenvalue weighted by Crippen LogP contribution is 2.24. The van der Waals surface area contributed by atoms with Crippen molar-refractivity contribution in [2.24, 2.45) is 0 Å². The van der Waals surface area contributed by atoms with Gasteiger partial charge >= 0.3 is 6.09 Å². The minimum atomic E-state index is -0.510. The first-order valence-electron chi connectivity index (χ1n) is 6.79. The van der Waals surface area contributed by atoms with E-state index in [1.54, 1.807) is 16.5 Å². The number of hydrogen-bond acceptors (Lipinski definition) is 5. The number of likely N-dealkylation sites (tertiary alicyclic amines) is 1. The molecule has 1 aromatic heterocycles. The number of thiazole rings is 1. The molecule has 1 aliphatic rings. The van der Waals surface area contributed by atoms with Crippen molar-refractivity contribution in [3.63, 3.8) is 0 Å². The van der Waals surface area contributed by atoms with E-state index in [0.717, 1.165) is 12.8 Å². The molecule has 1 amide bonds. The van der Waals surface area contributed by atoms with Crippen molar-refractivity contribution < 1.29 is 14.3 Å². The van der Waals surface area contributed by atoms with Crippen molar-refractivity contribution in [1.82, 2.24) is 9.88 Å². The lowest BCUT2D eigenvalue weighted by Gasteiger charge is -2.28. The zero-order chi connectivity index (χ0) is 14.8. The molecule has 0 bridgehead atoms. The van der Waals surface area contributed by atoms with Crippen LogP contribution in [0.25, 0.3) is 0 Å². The fourth-order valence-electron chi connectivity index (χ4n) is 2.27. The molecular weight excluding hydrogens is 276 g/mol. The highest BCUT2D eigenvalue weighted by Gasteiger charge is 2.33. The molecule has 0 radical (unpaired) electrons. The van der Waals surface area contributed by atoms with E-state index in [2.05, 4.69) is 4.98 Å². The summed E-state index contributed by atoms with van der Waals surface area (Å²) in [4.78, 5) is 29.9. The predicted octanol–water partition coefficient (Wildman–Crippen LogP) is 3.12. The molecule has 6 heteroatoms. The van der Waals surface area contributed by atoms with Gasteiger partial charge in [-0.15, -0.1) is 11.3 Å². The summed E-state index contributed by atoms with van der Waals surface area (Å²) in [6.07, 6.45) is 3.38. The Morgan fingerprint density at radius 2 is 2.25 bits per heavy atom. The number of aromatic nitrogens is 1. The van der Waals surface area contributed by atoms with E-state index in [-0.39, 0.29) is 17.9 Å². The Labute approximate surface area is 122 Å². The molecule has 1 aromatic rings. The monoisotopic (exact) mass is 296 g/mol. The molecule has 0 saturated carbocycles. The van der Waals surface area contributed by atoms with Gasteiger partial charge in [-0.3, -0.25) is 4.79 Å². The van der Waals surface area contributed by atoms with E-state index in [1.807, 2.05) is 20.8 Å². The summed E-state index contributed by atoms with van der Waals surface area (Å²) in [7, 11) is 0. The lowest BCUT2D eigenvalue weighted by Crippen LogP contribution is -2.40. The van der Waals surface area contributed by atoms with Crippen LogP contribution in [-0.2, 0) is 4.74 Å². The van der Waals surface area contributed by atoms with E-state index < -0.39 is 5.60 Å². The average Bonchev–Trinajstić information content (AvgIpc) is 2.96. The van der Waals surface area contributed by atoms with Crippen LogP contribution in [0.3, 0.4) is 0 Å². The number of Topliss-reactive ketones (excluding diaryl/α,β-unsaturated/α-hetero) is 1. The normalized spacial score (nSPS) is 19.1. The van der Waals surface area contributed by atoms with Crippen molar-refractivity contribution in [2.45, 2.75) is 51.7 Å². The summed E-state index contributed by atoms with van der Waals surface area (Å²) < 4.78 is 5.39. The Morgan fingerprint density at radius 3 is 2.85 bits per heavy atom. The number of ketones is 1. The third kappa shape index (κ3) is 3.79. The maximum absolute atomic E-state index is 12.1. The molecular formula is C14H20N2O3S.